The van der Waals surface area contributed by atoms with Gasteiger partial charge in [-0.3, -0.25) is 9.59 Å². The third-order valence-electron chi connectivity index (χ3n) is 3.81. The zero-order chi connectivity index (χ0) is 16.9. The van der Waals surface area contributed by atoms with Gasteiger partial charge in [-0.1, -0.05) is 0 Å². The van der Waals surface area contributed by atoms with Crippen LogP contribution < -0.4 is 15.8 Å². The molecule has 1 aliphatic rings. The maximum Gasteiger partial charge on any atom is 0.259 e. The Kier molecular flexibility index (Phi) is 7.47. The van der Waals surface area contributed by atoms with Crippen LogP contribution in [0, 0.1) is 0 Å². The summed E-state index contributed by atoms with van der Waals surface area (Å²) in [6.45, 7) is 0.970. The fourth-order valence-corrected chi connectivity index (χ4v) is 2.13. The molecule has 0 radical (unpaired) electrons. The second-order valence-corrected chi connectivity index (χ2v) is 5.82. The minimum absolute atomic E-state index is 0. The lowest BCUT2D eigenvalue weighted by Crippen LogP contribution is -2.54. The topological polar surface area (TPSA) is 93.9 Å². The highest BCUT2D eigenvalue weighted by Crippen LogP contribution is 2.21. The van der Waals surface area contributed by atoms with Crippen LogP contribution in [0.4, 0.5) is 5.69 Å². The van der Waals surface area contributed by atoms with E-state index >= 15 is 0 Å². The summed E-state index contributed by atoms with van der Waals surface area (Å²) in [6.07, 6.45) is 1.01. The van der Waals surface area contributed by atoms with Crippen molar-refractivity contribution in [3.8, 4) is 5.75 Å². The van der Waals surface area contributed by atoms with Gasteiger partial charge in [-0.25, -0.2) is 0 Å². The number of amides is 2. The molecule has 1 heterocycles. The van der Waals surface area contributed by atoms with Crippen molar-refractivity contribution in [3.63, 3.8) is 0 Å². The first kappa shape index (κ1) is 20.2. The monoisotopic (exact) mass is 357 g/mol. The van der Waals surface area contributed by atoms with Gasteiger partial charge in [0.25, 0.3) is 5.91 Å². The van der Waals surface area contributed by atoms with Crippen LogP contribution in [0.5, 0.6) is 5.75 Å². The fourth-order valence-electron chi connectivity index (χ4n) is 2.13. The summed E-state index contributed by atoms with van der Waals surface area (Å²) in [7, 11) is 3.34. The maximum atomic E-state index is 12.3. The molecule has 0 atom stereocenters. The first-order valence-electron chi connectivity index (χ1n) is 7.52. The van der Waals surface area contributed by atoms with Crippen LogP contribution in [0.15, 0.2) is 24.3 Å². The van der Waals surface area contributed by atoms with Crippen molar-refractivity contribution >= 4 is 29.9 Å². The summed E-state index contributed by atoms with van der Waals surface area (Å²) in [6, 6.07) is 6.84. The van der Waals surface area contributed by atoms with Crippen LogP contribution in [0.3, 0.4) is 0 Å². The van der Waals surface area contributed by atoms with Crippen LogP contribution in [0.2, 0.25) is 0 Å². The van der Waals surface area contributed by atoms with E-state index in [-0.39, 0.29) is 30.8 Å². The predicted octanol–water partition coefficient (Wildman–Crippen LogP) is 1.02. The summed E-state index contributed by atoms with van der Waals surface area (Å²) in [5.74, 6) is 0.232. The number of anilines is 1. The van der Waals surface area contributed by atoms with E-state index < -0.39 is 5.54 Å². The van der Waals surface area contributed by atoms with Gasteiger partial charge < -0.3 is 25.4 Å². The highest BCUT2D eigenvalue weighted by molar-refractivity contribution is 5.98. The molecule has 1 fully saturated rings. The molecule has 1 aliphatic heterocycles. The van der Waals surface area contributed by atoms with Gasteiger partial charge in [-0.05, 0) is 37.1 Å². The van der Waals surface area contributed by atoms with Gasteiger partial charge in [-0.15, -0.1) is 12.4 Å². The van der Waals surface area contributed by atoms with Crippen molar-refractivity contribution in [1.29, 1.82) is 0 Å². The van der Waals surface area contributed by atoms with Crippen LogP contribution in [0.1, 0.15) is 12.8 Å². The van der Waals surface area contributed by atoms with E-state index in [1.807, 2.05) is 0 Å². The lowest BCUT2D eigenvalue weighted by Gasteiger charge is -2.31. The largest absolute Gasteiger partial charge is 0.484 e. The van der Waals surface area contributed by atoms with Crippen molar-refractivity contribution in [2.45, 2.75) is 18.4 Å². The summed E-state index contributed by atoms with van der Waals surface area (Å²) < 4.78 is 10.6. The van der Waals surface area contributed by atoms with Gasteiger partial charge >= 0.3 is 0 Å². The van der Waals surface area contributed by atoms with E-state index in [9.17, 15) is 9.59 Å². The van der Waals surface area contributed by atoms with Crippen molar-refractivity contribution in [2.75, 3.05) is 39.2 Å². The van der Waals surface area contributed by atoms with Gasteiger partial charge in [0.15, 0.2) is 6.61 Å². The Labute approximate surface area is 147 Å². The van der Waals surface area contributed by atoms with Crippen molar-refractivity contribution < 1.29 is 19.1 Å². The summed E-state index contributed by atoms with van der Waals surface area (Å²) in [5.41, 5.74) is 5.88. The average molecular weight is 358 g/mol. The number of carbonyl (C=O) groups is 2. The van der Waals surface area contributed by atoms with Crippen LogP contribution >= 0.6 is 12.4 Å². The molecule has 7 nitrogen and oxygen atoms in total. The van der Waals surface area contributed by atoms with E-state index in [0.29, 0.717) is 37.5 Å². The molecule has 0 aliphatic carbocycles. The Hall–Kier alpha value is -1.83. The number of nitrogens with zero attached hydrogens (tertiary/aromatic N) is 1. The molecule has 0 spiro atoms. The van der Waals surface area contributed by atoms with Crippen molar-refractivity contribution in [1.82, 2.24) is 4.90 Å². The smallest absolute Gasteiger partial charge is 0.259 e. The lowest BCUT2D eigenvalue weighted by atomic mass is 9.90. The number of rotatable bonds is 5. The first-order chi connectivity index (χ1) is 10.9. The summed E-state index contributed by atoms with van der Waals surface area (Å²) in [4.78, 5) is 25.2. The van der Waals surface area contributed by atoms with Gasteiger partial charge in [0.1, 0.15) is 11.3 Å². The Morgan fingerprint density at radius 2 is 1.83 bits per heavy atom. The van der Waals surface area contributed by atoms with Crippen LogP contribution in [0.25, 0.3) is 0 Å². The second-order valence-electron chi connectivity index (χ2n) is 5.82. The Balaban J connectivity index is 0.00000288. The normalized spacial score (nSPS) is 15.8. The summed E-state index contributed by atoms with van der Waals surface area (Å²) in [5, 5.41) is 2.81. The van der Waals surface area contributed by atoms with E-state index in [1.54, 1.807) is 38.4 Å². The molecule has 3 N–H and O–H groups in total. The minimum Gasteiger partial charge on any atom is -0.484 e. The molecule has 1 saturated heterocycles. The number of likely N-dealkylation sites (N-methyl/N-ethyl adjacent to an activating group) is 1. The van der Waals surface area contributed by atoms with Gasteiger partial charge in [0.2, 0.25) is 5.91 Å². The number of nitrogens with two attached hydrogens (primary N) is 1. The Morgan fingerprint density at radius 1 is 1.25 bits per heavy atom. The zero-order valence-corrected chi connectivity index (χ0v) is 14.7. The number of carbonyl (C=O) groups excluding carboxylic acids is 2. The molecule has 0 unspecified atom stereocenters. The molecule has 8 heteroatoms. The SMILES string of the molecule is CN(C)C(=O)COc1ccc(NC(=O)C2(N)CCOCC2)cc1.Cl. The molecule has 0 saturated carbocycles. The van der Waals surface area contributed by atoms with Crippen LogP contribution in [-0.4, -0.2) is 56.2 Å². The molecule has 1 aromatic rings. The third kappa shape index (κ3) is 5.36. The molecular formula is C16H24ClN3O4. The Bertz CT molecular complexity index is 557. The molecule has 0 aromatic heterocycles. The molecule has 0 bridgehead atoms. The number of nitrogens with one attached hydrogen (secondary N) is 1. The fraction of sp³-hybridized carbons (Fsp3) is 0.500. The van der Waals surface area contributed by atoms with Crippen molar-refractivity contribution in [2.24, 2.45) is 5.73 Å². The molecule has 134 valence electrons. The van der Waals surface area contributed by atoms with E-state index in [2.05, 4.69) is 5.32 Å². The Morgan fingerprint density at radius 3 is 2.38 bits per heavy atom. The van der Waals surface area contributed by atoms with Gasteiger partial charge in [0, 0.05) is 33.0 Å². The molecule has 2 amide bonds. The quantitative estimate of drug-likeness (QED) is 0.820. The van der Waals surface area contributed by atoms with E-state index in [4.69, 9.17) is 15.2 Å². The standard InChI is InChI=1S/C16H23N3O4.ClH/c1-19(2)14(20)11-23-13-5-3-12(4-6-13)18-15(21)16(17)7-9-22-10-8-16;/h3-6H,7-11,17H2,1-2H3,(H,18,21);1H. The maximum absolute atomic E-state index is 12.3. The predicted molar refractivity (Wildman–Crippen MR) is 93.5 cm³/mol. The van der Waals surface area contributed by atoms with Crippen LogP contribution in [-0.2, 0) is 14.3 Å². The number of benzene rings is 1. The second kappa shape index (κ2) is 8.86. The highest BCUT2D eigenvalue weighted by Gasteiger charge is 2.35. The number of hydrogen-bond acceptors (Lipinski definition) is 5. The van der Waals surface area contributed by atoms with Gasteiger partial charge in [0.05, 0.1) is 0 Å². The van der Waals surface area contributed by atoms with Gasteiger partial charge in [-0.2, -0.15) is 0 Å². The molecule has 2 rings (SSSR count). The number of hydrogen-bond donors (Lipinski definition) is 2. The zero-order valence-electron chi connectivity index (χ0n) is 13.9. The minimum atomic E-state index is -0.883. The van der Waals surface area contributed by atoms with Crippen molar-refractivity contribution in [3.05, 3.63) is 24.3 Å². The lowest BCUT2D eigenvalue weighted by molar-refractivity contribution is -0.130. The molecular weight excluding hydrogens is 334 g/mol. The average Bonchev–Trinajstić information content (AvgIpc) is 2.54. The molecule has 1 aromatic carbocycles. The molecule has 24 heavy (non-hydrogen) atoms. The first-order valence-corrected chi connectivity index (χ1v) is 7.52. The highest BCUT2D eigenvalue weighted by atomic mass is 35.5. The summed E-state index contributed by atoms with van der Waals surface area (Å²) >= 11 is 0. The number of halogens is 1. The van der Waals surface area contributed by atoms with E-state index in [0.717, 1.165) is 0 Å². The van der Waals surface area contributed by atoms with E-state index in [1.165, 1.54) is 4.90 Å². The third-order valence-corrected chi connectivity index (χ3v) is 3.81. The number of ether oxygens (including phenoxy) is 2.